The fourth-order valence-corrected chi connectivity index (χ4v) is 2.79. The van der Waals surface area contributed by atoms with Gasteiger partial charge in [0.05, 0.1) is 0 Å². The first-order chi connectivity index (χ1) is 8.69. The molecule has 2 aromatic rings. The first-order valence-electron chi connectivity index (χ1n) is 5.75. The highest BCUT2D eigenvalue weighted by molar-refractivity contribution is 9.10. The van der Waals surface area contributed by atoms with Gasteiger partial charge in [-0.1, -0.05) is 56.1 Å². The van der Waals surface area contributed by atoms with Gasteiger partial charge in [0.25, 0.3) is 0 Å². The number of alkyl halides is 1. The van der Waals surface area contributed by atoms with E-state index in [4.69, 9.17) is 0 Å². The van der Waals surface area contributed by atoms with E-state index in [1.807, 2.05) is 18.2 Å². The molecule has 0 saturated heterocycles. The van der Waals surface area contributed by atoms with Crippen LogP contribution in [0.2, 0.25) is 0 Å². The van der Waals surface area contributed by atoms with Crippen LogP contribution in [0.15, 0.2) is 53.0 Å². The first kappa shape index (κ1) is 13.8. The molecule has 1 atom stereocenters. The molecule has 94 valence electrons. The number of hydrogen-bond donors (Lipinski definition) is 0. The highest BCUT2D eigenvalue weighted by atomic mass is 79.9. The summed E-state index contributed by atoms with van der Waals surface area (Å²) in [5.41, 5.74) is 2.29. The van der Waals surface area contributed by atoms with Gasteiger partial charge in [0.2, 0.25) is 0 Å². The molecule has 0 N–H and O–H groups in total. The summed E-state index contributed by atoms with van der Waals surface area (Å²) in [7, 11) is 0. The van der Waals surface area contributed by atoms with Crippen molar-refractivity contribution in [3.05, 3.63) is 69.9 Å². The van der Waals surface area contributed by atoms with Crippen LogP contribution in [0.3, 0.4) is 0 Å². The average molecular weight is 372 g/mol. The molecule has 0 spiro atoms. The fourth-order valence-electron chi connectivity index (χ4n) is 1.93. The third-order valence-electron chi connectivity index (χ3n) is 2.90. The standard InChI is InChI=1S/C15H13Br2F/c16-10-13(12-2-1-3-15(18)9-12)8-11-4-6-14(17)7-5-11/h1-7,9,13H,8,10H2. The van der Waals surface area contributed by atoms with Crippen molar-refractivity contribution in [2.75, 3.05) is 5.33 Å². The van der Waals surface area contributed by atoms with Gasteiger partial charge in [-0.15, -0.1) is 0 Å². The minimum atomic E-state index is -0.172. The molecule has 0 amide bonds. The third-order valence-corrected chi connectivity index (χ3v) is 4.21. The summed E-state index contributed by atoms with van der Waals surface area (Å²) in [5.74, 6) is 0.121. The van der Waals surface area contributed by atoms with Crippen LogP contribution in [0.5, 0.6) is 0 Å². The van der Waals surface area contributed by atoms with E-state index in [1.165, 1.54) is 11.6 Å². The second-order valence-electron chi connectivity index (χ2n) is 4.24. The predicted octanol–water partition coefficient (Wildman–Crippen LogP) is 5.31. The van der Waals surface area contributed by atoms with Gasteiger partial charge >= 0.3 is 0 Å². The van der Waals surface area contributed by atoms with Gasteiger partial charge < -0.3 is 0 Å². The molecule has 0 nitrogen and oxygen atoms in total. The molecule has 18 heavy (non-hydrogen) atoms. The Kier molecular flexibility index (Phi) is 4.95. The number of hydrogen-bond acceptors (Lipinski definition) is 0. The van der Waals surface area contributed by atoms with E-state index >= 15 is 0 Å². The Morgan fingerprint density at radius 3 is 2.39 bits per heavy atom. The summed E-state index contributed by atoms with van der Waals surface area (Å²) in [6, 6.07) is 15.1. The fraction of sp³-hybridized carbons (Fsp3) is 0.200. The minimum absolute atomic E-state index is 0.172. The van der Waals surface area contributed by atoms with Crippen molar-refractivity contribution in [1.82, 2.24) is 0 Å². The Bertz CT molecular complexity index is 508. The lowest BCUT2D eigenvalue weighted by Crippen LogP contribution is -2.04. The molecule has 0 fully saturated rings. The van der Waals surface area contributed by atoms with Gasteiger partial charge in [-0.05, 0) is 47.7 Å². The maximum atomic E-state index is 13.2. The maximum Gasteiger partial charge on any atom is 0.123 e. The van der Waals surface area contributed by atoms with Gasteiger partial charge in [0.15, 0.2) is 0 Å². The minimum Gasteiger partial charge on any atom is -0.207 e. The van der Waals surface area contributed by atoms with Crippen molar-refractivity contribution in [3.8, 4) is 0 Å². The van der Waals surface area contributed by atoms with Gasteiger partial charge in [0, 0.05) is 9.80 Å². The third kappa shape index (κ3) is 3.66. The topological polar surface area (TPSA) is 0 Å². The largest absolute Gasteiger partial charge is 0.207 e. The lowest BCUT2D eigenvalue weighted by molar-refractivity contribution is 0.621. The summed E-state index contributed by atoms with van der Waals surface area (Å²) in [4.78, 5) is 0. The Labute approximate surface area is 123 Å². The molecule has 0 aliphatic carbocycles. The van der Waals surface area contributed by atoms with Crippen molar-refractivity contribution in [2.24, 2.45) is 0 Å². The summed E-state index contributed by atoms with van der Waals surface area (Å²) in [6.45, 7) is 0. The van der Waals surface area contributed by atoms with E-state index in [0.717, 1.165) is 21.8 Å². The number of halogens is 3. The normalized spacial score (nSPS) is 12.4. The van der Waals surface area contributed by atoms with Gasteiger partial charge in [-0.2, -0.15) is 0 Å². The van der Waals surface area contributed by atoms with Crippen LogP contribution in [-0.2, 0) is 6.42 Å². The molecule has 2 rings (SSSR count). The van der Waals surface area contributed by atoms with Crippen molar-refractivity contribution in [1.29, 1.82) is 0 Å². The van der Waals surface area contributed by atoms with Crippen LogP contribution >= 0.6 is 31.9 Å². The molecule has 0 aliphatic heterocycles. The van der Waals surface area contributed by atoms with Gasteiger partial charge in [-0.25, -0.2) is 4.39 Å². The Morgan fingerprint density at radius 2 is 1.78 bits per heavy atom. The molecule has 0 aromatic heterocycles. The summed E-state index contributed by atoms with van der Waals surface area (Å²) in [6.07, 6.45) is 0.905. The molecule has 0 heterocycles. The average Bonchev–Trinajstić information content (AvgIpc) is 2.38. The van der Waals surface area contributed by atoms with Gasteiger partial charge in [0.1, 0.15) is 5.82 Å². The van der Waals surface area contributed by atoms with Crippen molar-refractivity contribution in [3.63, 3.8) is 0 Å². The SMILES string of the molecule is Fc1cccc(C(CBr)Cc2ccc(Br)cc2)c1. The maximum absolute atomic E-state index is 13.2. The molecule has 3 heteroatoms. The van der Waals surface area contributed by atoms with Crippen LogP contribution in [0.25, 0.3) is 0 Å². The Morgan fingerprint density at radius 1 is 1.06 bits per heavy atom. The van der Waals surface area contributed by atoms with E-state index in [0.29, 0.717) is 5.92 Å². The zero-order chi connectivity index (χ0) is 13.0. The summed E-state index contributed by atoms with van der Waals surface area (Å²) in [5, 5.41) is 0.826. The van der Waals surface area contributed by atoms with Crippen molar-refractivity contribution in [2.45, 2.75) is 12.3 Å². The Hall–Kier alpha value is -0.670. The number of benzene rings is 2. The van der Waals surface area contributed by atoms with Gasteiger partial charge in [-0.3, -0.25) is 0 Å². The summed E-state index contributed by atoms with van der Waals surface area (Å²) >= 11 is 6.94. The van der Waals surface area contributed by atoms with E-state index in [9.17, 15) is 4.39 Å². The van der Waals surface area contributed by atoms with E-state index in [-0.39, 0.29) is 5.82 Å². The van der Waals surface area contributed by atoms with Crippen molar-refractivity contribution < 1.29 is 4.39 Å². The van der Waals surface area contributed by atoms with Crippen molar-refractivity contribution >= 4 is 31.9 Å². The van der Waals surface area contributed by atoms with Crippen LogP contribution in [-0.4, -0.2) is 5.33 Å². The van der Waals surface area contributed by atoms with Crippen LogP contribution in [0.1, 0.15) is 17.0 Å². The number of rotatable bonds is 4. The summed E-state index contributed by atoms with van der Waals surface area (Å²) < 4.78 is 14.3. The smallest absolute Gasteiger partial charge is 0.123 e. The molecule has 0 bridgehead atoms. The quantitative estimate of drug-likeness (QED) is 0.639. The van der Waals surface area contributed by atoms with E-state index < -0.39 is 0 Å². The monoisotopic (exact) mass is 370 g/mol. The van der Waals surface area contributed by atoms with Crippen LogP contribution < -0.4 is 0 Å². The Balaban J connectivity index is 2.17. The first-order valence-corrected chi connectivity index (χ1v) is 7.66. The molecule has 0 aliphatic rings. The predicted molar refractivity (Wildman–Crippen MR) is 80.8 cm³/mol. The highest BCUT2D eigenvalue weighted by Crippen LogP contribution is 2.24. The van der Waals surface area contributed by atoms with E-state index in [2.05, 4.69) is 44.0 Å². The lowest BCUT2D eigenvalue weighted by atomic mass is 9.94. The highest BCUT2D eigenvalue weighted by Gasteiger charge is 2.11. The van der Waals surface area contributed by atoms with E-state index in [1.54, 1.807) is 12.1 Å². The molecule has 0 saturated carbocycles. The second kappa shape index (κ2) is 6.48. The molecular formula is C15H13Br2F. The second-order valence-corrected chi connectivity index (χ2v) is 5.80. The lowest BCUT2D eigenvalue weighted by Gasteiger charge is -2.14. The zero-order valence-corrected chi connectivity index (χ0v) is 12.9. The molecule has 0 radical (unpaired) electrons. The molecule has 2 aromatic carbocycles. The van der Waals surface area contributed by atoms with Crippen LogP contribution in [0, 0.1) is 5.82 Å². The molecular weight excluding hydrogens is 359 g/mol. The molecule has 1 unspecified atom stereocenters. The van der Waals surface area contributed by atoms with Crippen LogP contribution in [0.4, 0.5) is 4.39 Å². The zero-order valence-electron chi connectivity index (χ0n) is 9.74.